The maximum absolute atomic E-state index is 12.9. The Kier molecular flexibility index (Phi) is 5.39. The number of imidazole rings is 1. The fraction of sp³-hybridized carbons (Fsp3) is 0.227. The van der Waals surface area contributed by atoms with E-state index in [0.717, 1.165) is 22.6 Å². The fourth-order valence-corrected chi connectivity index (χ4v) is 3.51. The van der Waals surface area contributed by atoms with Crippen LogP contribution in [0.5, 0.6) is 0 Å². The summed E-state index contributed by atoms with van der Waals surface area (Å²) >= 11 is 0. The summed E-state index contributed by atoms with van der Waals surface area (Å²) < 4.78 is 7.57. The molecule has 0 aliphatic carbocycles. The van der Waals surface area contributed by atoms with E-state index in [1.807, 2.05) is 72.3 Å². The molecule has 2 atom stereocenters. The number of nitrogens with one attached hydrogen (secondary N) is 2. The first kappa shape index (κ1) is 18.9. The molecule has 1 aliphatic heterocycles. The van der Waals surface area contributed by atoms with Crippen LogP contribution in [-0.4, -0.2) is 34.1 Å². The van der Waals surface area contributed by atoms with E-state index in [1.165, 1.54) is 0 Å². The van der Waals surface area contributed by atoms with Crippen molar-refractivity contribution >= 4 is 11.8 Å². The summed E-state index contributed by atoms with van der Waals surface area (Å²) in [5.41, 5.74) is 2.74. The first-order chi connectivity index (χ1) is 14.1. The Balaban J connectivity index is 1.51. The summed E-state index contributed by atoms with van der Waals surface area (Å²) in [6, 6.07) is 16.7. The molecule has 0 bridgehead atoms. The van der Waals surface area contributed by atoms with Crippen LogP contribution in [0.2, 0.25) is 0 Å². The lowest BCUT2D eigenvalue weighted by Crippen LogP contribution is -2.52. The van der Waals surface area contributed by atoms with Gasteiger partial charge in [0.05, 0.1) is 11.7 Å². The molecule has 7 heteroatoms. The van der Waals surface area contributed by atoms with Gasteiger partial charge in [0.1, 0.15) is 12.4 Å². The highest BCUT2D eigenvalue weighted by Gasteiger charge is 2.35. The van der Waals surface area contributed by atoms with Crippen LogP contribution in [0.3, 0.4) is 0 Å². The van der Waals surface area contributed by atoms with Crippen LogP contribution >= 0.6 is 0 Å². The van der Waals surface area contributed by atoms with Gasteiger partial charge in [-0.1, -0.05) is 48.5 Å². The number of carbonyl (C=O) groups is 2. The fourth-order valence-electron chi connectivity index (χ4n) is 3.51. The van der Waals surface area contributed by atoms with Crippen molar-refractivity contribution in [2.75, 3.05) is 6.61 Å². The Labute approximate surface area is 168 Å². The normalized spacial score (nSPS) is 18.9. The lowest BCUT2D eigenvalue weighted by Gasteiger charge is -2.31. The predicted octanol–water partition coefficient (Wildman–Crippen LogP) is 2.05. The van der Waals surface area contributed by atoms with Gasteiger partial charge in [0.2, 0.25) is 5.91 Å². The molecule has 2 heterocycles. The first-order valence-electron chi connectivity index (χ1n) is 9.45. The van der Waals surface area contributed by atoms with E-state index in [-0.39, 0.29) is 18.4 Å². The number of carbonyl (C=O) groups excluding carboxylic acids is 2. The quantitative estimate of drug-likeness (QED) is 0.698. The van der Waals surface area contributed by atoms with Crippen molar-refractivity contribution in [3.05, 3.63) is 83.9 Å². The minimum Gasteiger partial charge on any atom is -0.356 e. The number of aromatic nitrogens is 2. The molecule has 0 spiro atoms. The molecule has 2 N–H and O–H groups in total. The first-order valence-corrected chi connectivity index (χ1v) is 9.45. The van der Waals surface area contributed by atoms with Crippen LogP contribution < -0.4 is 10.6 Å². The summed E-state index contributed by atoms with van der Waals surface area (Å²) in [7, 11) is 0. The second-order valence-corrected chi connectivity index (χ2v) is 6.88. The molecule has 1 saturated heterocycles. The van der Waals surface area contributed by atoms with Gasteiger partial charge in [0.15, 0.2) is 6.10 Å². The zero-order chi connectivity index (χ0) is 20.2. The molecule has 4 rings (SSSR count). The highest BCUT2D eigenvalue weighted by Crippen LogP contribution is 2.23. The van der Waals surface area contributed by atoms with E-state index in [2.05, 4.69) is 15.6 Å². The molecule has 0 saturated carbocycles. The highest BCUT2D eigenvalue weighted by atomic mass is 16.5. The molecule has 2 aromatic carbocycles. The van der Waals surface area contributed by atoms with Crippen molar-refractivity contribution in [2.45, 2.75) is 25.6 Å². The number of morpholine rings is 1. The number of nitrogens with zero attached hydrogens (tertiary/aromatic N) is 2. The molecule has 2 amide bonds. The summed E-state index contributed by atoms with van der Waals surface area (Å²) in [6.45, 7) is 2.13. The van der Waals surface area contributed by atoms with E-state index in [9.17, 15) is 9.59 Å². The standard InChI is InChI=1S/C22H22N4O3/c1-15-23-11-12-26(15)18-10-6-5-9-17(18)13-24-22(28)21-20(25-19(27)14-29-21)16-7-3-2-4-8-16/h2-12,20-21H,13-14H2,1H3,(H,24,28)(H,25,27)/t20-,21+/m1/s1. The number of para-hydroxylation sites is 1. The van der Waals surface area contributed by atoms with Gasteiger partial charge in [-0.05, 0) is 24.1 Å². The Bertz CT molecular complexity index is 1020. The minimum absolute atomic E-state index is 0.133. The molecular weight excluding hydrogens is 368 g/mol. The molecule has 1 fully saturated rings. The summed E-state index contributed by atoms with van der Waals surface area (Å²) in [4.78, 5) is 29.0. The van der Waals surface area contributed by atoms with Crippen molar-refractivity contribution < 1.29 is 14.3 Å². The SMILES string of the molecule is Cc1nccn1-c1ccccc1CNC(=O)[C@H]1OCC(=O)N[C@@H]1c1ccccc1. The molecule has 29 heavy (non-hydrogen) atoms. The third kappa shape index (κ3) is 4.05. The van der Waals surface area contributed by atoms with E-state index >= 15 is 0 Å². The summed E-state index contributed by atoms with van der Waals surface area (Å²) in [6.07, 6.45) is 2.84. The summed E-state index contributed by atoms with van der Waals surface area (Å²) in [5.74, 6) is 0.367. The van der Waals surface area contributed by atoms with Gasteiger partial charge in [-0.2, -0.15) is 0 Å². The van der Waals surface area contributed by atoms with Crippen molar-refractivity contribution in [3.63, 3.8) is 0 Å². The molecule has 0 radical (unpaired) electrons. The lowest BCUT2D eigenvalue weighted by molar-refractivity contribution is -0.148. The van der Waals surface area contributed by atoms with Crippen LogP contribution in [0, 0.1) is 6.92 Å². The molecule has 3 aromatic rings. The van der Waals surface area contributed by atoms with Crippen molar-refractivity contribution in [3.8, 4) is 5.69 Å². The summed E-state index contributed by atoms with van der Waals surface area (Å²) in [5, 5.41) is 5.82. The number of ether oxygens (including phenoxy) is 1. The number of aryl methyl sites for hydroxylation is 1. The molecular formula is C22H22N4O3. The van der Waals surface area contributed by atoms with E-state index < -0.39 is 12.1 Å². The van der Waals surface area contributed by atoms with Gasteiger partial charge < -0.3 is 19.9 Å². The Hall–Kier alpha value is -3.45. The van der Waals surface area contributed by atoms with E-state index in [4.69, 9.17) is 4.74 Å². The number of hydrogen-bond donors (Lipinski definition) is 2. The second kappa shape index (κ2) is 8.28. The Morgan fingerprint density at radius 2 is 1.97 bits per heavy atom. The van der Waals surface area contributed by atoms with Gasteiger partial charge in [0, 0.05) is 18.9 Å². The van der Waals surface area contributed by atoms with Crippen molar-refractivity contribution in [2.24, 2.45) is 0 Å². The van der Waals surface area contributed by atoms with Crippen LogP contribution in [0.25, 0.3) is 5.69 Å². The van der Waals surface area contributed by atoms with Crippen LogP contribution in [0.1, 0.15) is 23.0 Å². The highest BCUT2D eigenvalue weighted by molar-refractivity contribution is 5.86. The zero-order valence-corrected chi connectivity index (χ0v) is 16.0. The number of benzene rings is 2. The van der Waals surface area contributed by atoms with E-state index in [1.54, 1.807) is 6.20 Å². The average molecular weight is 390 g/mol. The van der Waals surface area contributed by atoms with Gasteiger partial charge >= 0.3 is 0 Å². The van der Waals surface area contributed by atoms with Crippen molar-refractivity contribution in [1.82, 2.24) is 20.2 Å². The molecule has 7 nitrogen and oxygen atoms in total. The maximum Gasteiger partial charge on any atom is 0.251 e. The van der Waals surface area contributed by atoms with Gasteiger partial charge in [-0.15, -0.1) is 0 Å². The maximum atomic E-state index is 12.9. The number of hydrogen-bond acceptors (Lipinski definition) is 4. The molecule has 0 unspecified atom stereocenters. The molecule has 1 aliphatic rings. The predicted molar refractivity (Wildman–Crippen MR) is 107 cm³/mol. The Morgan fingerprint density at radius 1 is 1.21 bits per heavy atom. The topological polar surface area (TPSA) is 85.2 Å². The zero-order valence-electron chi connectivity index (χ0n) is 16.0. The number of rotatable bonds is 5. The van der Waals surface area contributed by atoms with Crippen LogP contribution in [0.15, 0.2) is 67.0 Å². The van der Waals surface area contributed by atoms with Crippen LogP contribution in [-0.2, 0) is 20.9 Å². The van der Waals surface area contributed by atoms with Gasteiger partial charge in [-0.3, -0.25) is 9.59 Å². The third-order valence-corrected chi connectivity index (χ3v) is 4.96. The largest absolute Gasteiger partial charge is 0.356 e. The van der Waals surface area contributed by atoms with Crippen molar-refractivity contribution in [1.29, 1.82) is 0 Å². The second-order valence-electron chi connectivity index (χ2n) is 6.88. The monoisotopic (exact) mass is 390 g/mol. The Morgan fingerprint density at radius 3 is 2.72 bits per heavy atom. The molecule has 1 aromatic heterocycles. The third-order valence-electron chi connectivity index (χ3n) is 4.96. The minimum atomic E-state index is -0.794. The van der Waals surface area contributed by atoms with Gasteiger partial charge in [-0.25, -0.2) is 4.98 Å². The average Bonchev–Trinajstić information content (AvgIpc) is 3.18. The smallest absolute Gasteiger partial charge is 0.251 e. The lowest BCUT2D eigenvalue weighted by atomic mass is 9.99. The number of amides is 2. The van der Waals surface area contributed by atoms with Crippen LogP contribution in [0.4, 0.5) is 0 Å². The molecule has 148 valence electrons. The van der Waals surface area contributed by atoms with Gasteiger partial charge in [0.25, 0.3) is 5.91 Å². The van der Waals surface area contributed by atoms with E-state index in [0.29, 0.717) is 6.54 Å².